The lowest BCUT2D eigenvalue weighted by Gasteiger charge is -2.27. The number of benzene rings is 1. The van der Waals surface area contributed by atoms with Crippen molar-refractivity contribution in [1.82, 2.24) is 9.55 Å². The molecule has 0 bridgehead atoms. The van der Waals surface area contributed by atoms with Gasteiger partial charge in [-0.1, -0.05) is 27.2 Å². The van der Waals surface area contributed by atoms with E-state index in [2.05, 4.69) is 10.3 Å². The number of hydrogen-bond donors (Lipinski definition) is 3. The highest BCUT2D eigenvalue weighted by atomic mass is 19.1. The fraction of sp³-hybridized carbons (Fsp3) is 0.450. The molecule has 0 spiro atoms. The van der Waals surface area contributed by atoms with Gasteiger partial charge in [0.2, 0.25) is 5.91 Å². The maximum Gasteiger partial charge on any atom is 0.330 e. The van der Waals surface area contributed by atoms with Crippen LogP contribution in [0.4, 0.5) is 21.6 Å². The summed E-state index contributed by atoms with van der Waals surface area (Å²) in [6.45, 7) is 6.50. The zero-order valence-corrected chi connectivity index (χ0v) is 17.0. The van der Waals surface area contributed by atoms with E-state index >= 15 is 0 Å². The van der Waals surface area contributed by atoms with Gasteiger partial charge in [-0.2, -0.15) is 0 Å². The van der Waals surface area contributed by atoms with Crippen molar-refractivity contribution in [1.29, 1.82) is 0 Å². The quantitative estimate of drug-likeness (QED) is 0.592. The Kier molecular flexibility index (Phi) is 7.58. The van der Waals surface area contributed by atoms with Crippen molar-refractivity contribution in [2.45, 2.75) is 40.2 Å². The summed E-state index contributed by atoms with van der Waals surface area (Å²) in [4.78, 5) is 41.1. The number of hydrogen-bond acceptors (Lipinski definition) is 5. The molecular weight excluding hydrogens is 377 g/mol. The smallest absolute Gasteiger partial charge is 0.330 e. The Balaban J connectivity index is 2.34. The van der Waals surface area contributed by atoms with Gasteiger partial charge >= 0.3 is 5.69 Å². The van der Waals surface area contributed by atoms with Gasteiger partial charge in [0.1, 0.15) is 17.3 Å². The van der Waals surface area contributed by atoms with Gasteiger partial charge in [-0.15, -0.1) is 0 Å². The van der Waals surface area contributed by atoms with Gasteiger partial charge in [-0.25, -0.2) is 9.18 Å². The number of anilines is 3. The van der Waals surface area contributed by atoms with Gasteiger partial charge in [0, 0.05) is 18.8 Å². The summed E-state index contributed by atoms with van der Waals surface area (Å²) >= 11 is 0. The third-order valence-corrected chi connectivity index (χ3v) is 4.31. The third kappa shape index (κ3) is 5.94. The Labute approximate surface area is 168 Å². The van der Waals surface area contributed by atoms with Crippen molar-refractivity contribution in [3.8, 4) is 0 Å². The van der Waals surface area contributed by atoms with Crippen LogP contribution in [0.25, 0.3) is 0 Å². The topological polar surface area (TPSA) is 113 Å². The second-order valence-corrected chi connectivity index (χ2v) is 7.33. The number of carbonyl (C=O) groups excluding carboxylic acids is 1. The lowest BCUT2D eigenvalue weighted by molar-refractivity contribution is -0.115. The van der Waals surface area contributed by atoms with E-state index < -0.39 is 17.1 Å². The summed E-state index contributed by atoms with van der Waals surface area (Å²) in [6, 6.07) is 5.39. The van der Waals surface area contributed by atoms with Crippen molar-refractivity contribution in [3.63, 3.8) is 0 Å². The molecule has 8 nitrogen and oxygen atoms in total. The van der Waals surface area contributed by atoms with Crippen molar-refractivity contribution < 1.29 is 9.18 Å². The van der Waals surface area contributed by atoms with Crippen LogP contribution in [0.15, 0.2) is 33.9 Å². The minimum Gasteiger partial charge on any atom is -0.383 e. The number of carbonyl (C=O) groups is 1. The zero-order chi connectivity index (χ0) is 21.6. The first-order valence-electron chi connectivity index (χ1n) is 9.65. The van der Waals surface area contributed by atoms with E-state index in [0.29, 0.717) is 18.8 Å². The molecule has 0 aliphatic carbocycles. The summed E-state index contributed by atoms with van der Waals surface area (Å²) < 4.78 is 14.4. The maximum absolute atomic E-state index is 13.0. The van der Waals surface area contributed by atoms with Crippen molar-refractivity contribution >= 4 is 23.1 Å². The van der Waals surface area contributed by atoms with E-state index in [1.54, 1.807) is 4.90 Å². The van der Waals surface area contributed by atoms with E-state index in [9.17, 15) is 18.8 Å². The van der Waals surface area contributed by atoms with E-state index in [-0.39, 0.29) is 29.9 Å². The van der Waals surface area contributed by atoms with Crippen LogP contribution in [0.3, 0.4) is 0 Å². The van der Waals surface area contributed by atoms with E-state index in [1.807, 2.05) is 20.8 Å². The number of H-pyrrole nitrogens is 1. The second-order valence-electron chi connectivity index (χ2n) is 7.33. The third-order valence-electron chi connectivity index (χ3n) is 4.31. The number of nitrogens with zero attached hydrogens (tertiary/aromatic N) is 2. The summed E-state index contributed by atoms with van der Waals surface area (Å²) in [5.74, 6) is -0.619. The van der Waals surface area contributed by atoms with Crippen LogP contribution in [-0.2, 0) is 11.3 Å². The zero-order valence-electron chi connectivity index (χ0n) is 17.0. The Morgan fingerprint density at radius 2 is 1.93 bits per heavy atom. The Morgan fingerprint density at radius 1 is 1.28 bits per heavy atom. The molecule has 0 unspecified atom stereocenters. The van der Waals surface area contributed by atoms with Crippen molar-refractivity contribution in [2.24, 2.45) is 5.92 Å². The van der Waals surface area contributed by atoms with Crippen molar-refractivity contribution in [2.75, 3.05) is 29.0 Å². The molecule has 0 atom stereocenters. The fourth-order valence-electron chi connectivity index (χ4n) is 3.00. The highest BCUT2D eigenvalue weighted by Gasteiger charge is 2.22. The summed E-state index contributed by atoms with van der Waals surface area (Å²) in [6.07, 6.45) is 1.58. The second kappa shape index (κ2) is 9.90. The standard InChI is InChI=1S/C20H28FN5O3/c1-4-5-10-26-18(22)17(19(28)24-20(26)29)25(11-13(2)3)12-16(27)23-15-8-6-14(21)7-9-15/h6-9,13H,4-5,10-12,22H2,1-3H3,(H,23,27)(H,24,28,29). The summed E-state index contributed by atoms with van der Waals surface area (Å²) in [5, 5.41) is 2.67. The number of unbranched alkanes of at least 4 members (excludes halogenated alkanes) is 1. The molecule has 2 aromatic rings. The van der Waals surface area contributed by atoms with Gasteiger partial charge in [-0.3, -0.25) is 19.1 Å². The lowest BCUT2D eigenvalue weighted by atomic mass is 10.2. The molecule has 158 valence electrons. The van der Waals surface area contributed by atoms with Crippen LogP contribution < -0.4 is 27.2 Å². The van der Waals surface area contributed by atoms with Crippen LogP contribution in [0, 0.1) is 11.7 Å². The largest absolute Gasteiger partial charge is 0.383 e. The highest BCUT2D eigenvalue weighted by Crippen LogP contribution is 2.19. The van der Waals surface area contributed by atoms with E-state index in [0.717, 1.165) is 12.8 Å². The summed E-state index contributed by atoms with van der Waals surface area (Å²) in [5.41, 5.74) is 5.52. The summed E-state index contributed by atoms with van der Waals surface area (Å²) in [7, 11) is 0. The Morgan fingerprint density at radius 3 is 2.52 bits per heavy atom. The van der Waals surface area contributed by atoms with E-state index in [1.165, 1.54) is 28.8 Å². The molecule has 0 saturated carbocycles. The average molecular weight is 405 g/mol. The Bertz CT molecular complexity index is 950. The molecule has 1 amide bonds. The van der Waals surface area contributed by atoms with Crippen LogP contribution in [0.5, 0.6) is 0 Å². The number of nitrogens with two attached hydrogens (primary N) is 1. The van der Waals surface area contributed by atoms with Crippen LogP contribution in [-0.4, -0.2) is 28.5 Å². The lowest BCUT2D eigenvalue weighted by Crippen LogP contribution is -2.43. The molecule has 1 heterocycles. The Hall–Kier alpha value is -3.10. The molecule has 0 saturated heterocycles. The van der Waals surface area contributed by atoms with Gasteiger partial charge in [0.05, 0.1) is 6.54 Å². The first-order chi connectivity index (χ1) is 13.7. The van der Waals surface area contributed by atoms with Crippen LogP contribution in [0.2, 0.25) is 0 Å². The van der Waals surface area contributed by atoms with Gasteiger partial charge in [-0.05, 0) is 36.6 Å². The molecule has 0 fully saturated rings. The predicted octanol–water partition coefficient (Wildman–Crippen LogP) is 2.16. The number of nitrogen functional groups attached to an aromatic ring is 1. The highest BCUT2D eigenvalue weighted by molar-refractivity contribution is 5.94. The fourth-order valence-corrected chi connectivity index (χ4v) is 3.00. The molecule has 0 aliphatic rings. The number of amides is 1. The molecule has 0 radical (unpaired) electrons. The molecule has 1 aromatic heterocycles. The van der Waals surface area contributed by atoms with E-state index in [4.69, 9.17) is 5.73 Å². The molecule has 4 N–H and O–H groups in total. The minimum atomic E-state index is -0.629. The van der Waals surface area contributed by atoms with Gasteiger partial charge in [0.15, 0.2) is 0 Å². The number of rotatable bonds is 9. The normalized spacial score (nSPS) is 10.9. The van der Waals surface area contributed by atoms with Gasteiger partial charge in [0.25, 0.3) is 5.56 Å². The van der Waals surface area contributed by atoms with Crippen LogP contribution in [0.1, 0.15) is 33.6 Å². The molecule has 0 aliphatic heterocycles. The van der Waals surface area contributed by atoms with Gasteiger partial charge < -0.3 is 16.0 Å². The molecule has 2 rings (SSSR count). The first kappa shape index (κ1) is 22.2. The molecule has 9 heteroatoms. The average Bonchev–Trinajstić information content (AvgIpc) is 2.62. The SMILES string of the molecule is CCCCn1c(N)c(N(CC(=O)Nc2ccc(F)cc2)CC(C)C)c(=O)[nH]c1=O. The maximum atomic E-state index is 13.0. The van der Waals surface area contributed by atoms with Crippen LogP contribution >= 0.6 is 0 Å². The number of aromatic amines is 1. The predicted molar refractivity (Wildman–Crippen MR) is 113 cm³/mol. The molecule has 1 aromatic carbocycles. The minimum absolute atomic E-state index is 0.0439. The number of nitrogens with one attached hydrogen (secondary N) is 2. The number of halogens is 1. The molecule has 29 heavy (non-hydrogen) atoms. The number of aromatic nitrogens is 2. The van der Waals surface area contributed by atoms with Crippen molar-refractivity contribution in [3.05, 3.63) is 50.9 Å². The first-order valence-corrected chi connectivity index (χ1v) is 9.65. The monoisotopic (exact) mass is 405 g/mol. The molecular formula is C20H28FN5O3.